The van der Waals surface area contributed by atoms with Crippen LogP contribution in [0, 0.1) is 5.92 Å². The van der Waals surface area contributed by atoms with Gasteiger partial charge in [0.2, 0.25) is 5.91 Å². The summed E-state index contributed by atoms with van der Waals surface area (Å²) in [5, 5.41) is 3.43. The number of benzene rings is 1. The lowest BCUT2D eigenvalue weighted by atomic mass is 9.97. The van der Waals surface area contributed by atoms with E-state index in [-0.39, 0.29) is 11.9 Å². The van der Waals surface area contributed by atoms with Crippen molar-refractivity contribution in [3.63, 3.8) is 0 Å². The molecular weight excluding hydrogens is 286 g/mol. The SMILES string of the molecule is CCNCC1CCN(CC(=O)N(C)C(C)c2ccccc2)CC1. The van der Waals surface area contributed by atoms with Crippen LogP contribution in [0.15, 0.2) is 30.3 Å². The van der Waals surface area contributed by atoms with Crippen LogP contribution in [-0.4, -0.2) is 55.5 Å². The van der Waals surface area contributed by atoms with Crippen LogP contribution in [-0.2, 0) is 4.79 Å². The third kappa shape index (κ3) is 5.33. The van der Waals surface area contributed by atoms with Gasteiger partial charge in [0, 0.05) is 7.05 Å². The quantitative estimate of drug-likeness (QED) is 0.839. The van der Waals surface area contributed by atoms with E-state index < -0.39 is 0 Å². The fraction of sp³-hybridized carbons (Fsp3) is 0.632. The number of likely N-dealkylation sites (tertiary alicyclic amines) is 1. The van der Waals surface area contributed by atoms with Crippen molar-refractivity contribution in [3.8, 4) is 0 Å². The number of carbonyl (C=O) groups excluding carboxylic acids is 1. The van der Waals surface area contributed by atoms with Crippen molar-refractivity contribution in [1.29, 1.82) is 0 Å². The van der Waals surface area contributed by atoms with Crippen molar-refractivity contribution in [2.24, 2.45) is 5.92 Å². The molecule has 1 heterocycles. The fourth-order valence-corrected chi connectivity index (χ4v) is 3.17. The van der Waals surface area contributed by atoms with Gasteiger partial charge in [0.05, 0.1) is 12.6 Å². The monoisotopic (exact) mass is 317 g/mol. The van der Waals surface area contributed by atoms with Crippen LogP contribution in [0.25, 0.3) is 0 Å². The van der Waals surface area contributed by atoms with Gasteiger partial charge in [-0.1, -0.05) is 37.3 Å². The number of rotatable bonds is 7. The summed E-state index contributed by atoms with van der Waals surface area (Å²) in [7, 11) is 1.91. The van der Waals surface area contributed by atoms with Crippen LogP contribution in [0.5, 0.6) is 0 Å². The second-order valence-electron chi connectivity index (χ2n) is 6.62. The molecule has 0 radical (unpaired) electrons. The topological polar surface area (TPSA) is 35.6 Å². The van der Waals surface area contributed by atoms with Gasteiger partial charge in [0.1, 0.15) is 0 Å². The van der Waals surface area contributed by atoms with Gasteiger partial charge in [-0.25, -0.2) is 0 Å². The van der Waals surface area contributed by atoms with Crippen LogP contribution in [0.2, 0.25) is 0 Å². The van der Waals surface area contributed by atoms with E-state index in [1.165, 1.54) is 18.4 Å². The predicted octanol–water partition coefficient (Wildman–Crippen LogP) is 2.53. The maximum absolute atomic E-state index is 12.6. The molecule has 0 aliphatic carbocycles. The molecule has 1 atom stereocenters. The fourth-order valence-electron chi connectivity index (χ4n) is 3.17. The standard InChI is InChI=1S/C19H31N3O/c1-4-20-14-17-10-12-22(13-11-17)15-19(23)21(3)16(2)18-8-6-5-7-9-18/h5-9,16-17,20H,4,10-15H2,1-3H3. The molecule has 1 aliphatic rings. The van der Waals surface area contributed by atoms with Crippen molar-refractivity contribution in [2.75, 3.05) is 39.8 Å². The van der Waals surface area contributed by atoms with E-state index in [1.54, 1.807) is 0 Å². The van der Waals surface area contributed by atoms with E-state index in [0.717, 1.165) is 32.1 Å². The maximum atomic E-state index is 12.6. The Labute approximate surface area is 140 Å². The molecule has 1 fully saturated rings. The Bertz CT molecular complexity index is 469. The molecule has 1 saturated heterocycles. The molecule has 0 spiro atoms. The average Bonchev–Trinajstić information content (AvgIpc) is 2.60. The predicted molar refractivity (Wildman–Crippen MR) is 95.3 cm³/mol. The number of amides is 1. The van der Waals surface area contributed by atoms with E-state index in [2.05, 4.69) is 36.2 Å². The lowest BCUT2D eigenvalue weighted by Gasteiger charge is -2.33. The molecule has 4 nitrogen and oxygen atoms in total. The van der Waals surface area contributed by atoms with E-state index in [9.17, 15) is 4.79 Å². The lowest BCUT2D eigenvalue weighted by molar-refractivity contribution is -0.133. The summed E-state index contributed by atoms with van der Waals surface area (Å²) in [5.41, 5.74) is 1.19. The Morgan fingerprint density at radius 1 is 1.30 bits per heavy atom. The van der Waals surface area contributed by atoms with E-state index in [4.69, 9.17) is 0 Å². The van der Waals surface area contributed by atoms with Crippen LogP contribution < -0.4 is 5.32 Å². The molecule has 0 aromatic heterocycles. The number of piperidine rings is 1. The summed E-state index contributed by atoms with van der Waals surface area (Å²) in [5.74, 6) is 0.980. The van der Waals surface area contributed by atoms with Gasteiger partial charge in [-0.15, -0.1) is 0 Å². The van der Waals surface area contributed by atoms with Crippen molar-refractivity contribution in [3.05, 3.63) is 35.9 Å². The molecule has 1 N–H and O–H groups in total. The molecule has 23 heavy (non-hydrogen) atoms. The van der Waals surface area contributed by atoms with Gasteiger partial charge >= 0.3 is 0 Å². The van der Waals surface area contributed by atoms with Crippen LogP contribution in [0.3, 0.4) is 0 Å². The van der Waals surface area contributed by atoms with Crippen LogP contribution >= 0.6 is 0 Å². The second-order valence-corrected chi connectivity index (χ2v) is 6.62. The summed E-state index contributed by atoms with van der Waals surface area (Å²) in [6, 6.07) is 10.4. The van der Waals surface area contributed by atoms with Crippen molar-refractivity contribution in [1.82, 2.24) is 15.1 Å². The largest absolute Gasteiger partial charge is 0.338 e. The van der Waals surface area contributed by atoms with E-state index >= 15 is 0 Å². The maximum Gasteiger partial charge on any atom is 0.236 e. The first-order valence-electron chi connectivity index (χ1n) is 8.85. The van der Waals surface area contributed by atoms with Gasteiger partial charge < -0.3 is 10.2 Å². The first-order chi connectivity index (χ1) is 11.1. The Morgan fingerprint density at radius 3 is 2.57 bits per heavy atom. The number of hydrogen-bond acceptors (Lipinski definition) is 3. The van der Waals surface area contributed by atoms with E-state index in [0.29, 0.717) is 6.54 Å². The van der Waals surface area contributed by atoms with Crippen LogP contribution in [0.1, 0.15) is 38.3 Å². The minimum Gasteiger partial charge on any atom is -0.338 e. The summed E-state index contributed by atoms with van der Waals surface area (Å²) in [6.07, 6.45) is 2.39. The van der Waals surface area contributed by atoms with Gasteiger partial charge in [-0.05, 0) is 57.4 Å². The van der Waals surface area contributed by atoms with Gasteiger partial charge in [-0.3, -0.25) is 9.69 Å². The molecule has 0 saturated carbocycles. The highest BCUT2D eigenvalue weighted by atomic mass is 16.2. The molecule has 1 aromatic carbocycles. The van der Waals surface area contributed by atoms with Crippen molar-refractivity contribution >= 4 is 5.91 Å². The second kappa shape index (κ2) is 9.04. The number of nitrogens with zero attached hydrogens (tertiary/aromatic N) is 2. The zero-order valence-corrected chi connectivity index (χ0v) is 14.8. The summed E-state index contributed by atoms with van der Waals surface area (Å²) < 4.78 is 0. The number of nitrogens with one attached hydrogen (secondary N) is 1. The zero-order valence-electron chi connectivity index (χ0n) is 14.8. The highest BCUT2D eigenvalue weighted by Crippen LogP contribution is 2.20. The zero-order chi connectivity index (χ0) is 16.7. The molecule has 128 valence electrons. The van der Waals surface area contributed by atoms with Gasteiger partial charge in [0.15, 0.2) is 0 Å². The molecule has 0 bridgehead atoms. The molecule has 1 aromatic rings. The Kier molecular flexibility index (Phi) is 7.06. The van der Waals surface area contributed by atoms with Gasteiger partial charge in [0.25, 0.3) is 0 Å². The first-order valence-corrected chi connectivity index (χ1v) is 8.85. The number of likely N-dealkylation sites (N-methyl/N-ethyl adjacent to an activating group) is 1. The molecule has 2 rings (SSSR count). The normalized spacial score (nSPS) is 17.9. The Balaban J connectivity index is 1.78. The third-order valence-electron chi connectivity index (χ3n) is 5.01. The van der Waals surface area contributed by atoms with Gasteiger partial charge in [-0.2, -0.15) is 0 Å². The third-order valence-corrected chi connectivity index (χ3v) is 5.01. The molecule has 1 unspecified atom stereocenters. The van der Waals surface area contributed by atoms with E-state index in [1.807, 2.05) is 30.1 Å². The lowest BCUT2D eigenvalue weighted by Crippen LogP contribution is -2.44. The summed E-state index contributed by atoms with van der Waals surface area (Å²) >= 11 is 0. The Morgan fingerprint density at radius 2 is 1.96 bits per heavy atom. The Hall–Kier alpha value is -1.39. The highest BCUT2D eigenvalue weighted by molar-refractivity contribution is 5.78. The first kappa shape index (κ1) is 18.0. The summed E-state index contributed by atoms with van der Waals surface area (Å²) in [6.45, 7) is 9.02. The molecular formula is C19H31N3O. The van der Waals surface area contributed by atoms with Crippen molar-refractivity contribution in [2.45, 2.75) is 32.7 Å². The van der Waals surface area contributed by atoms with Crippen LogP contribution in [0.4, 0.5) is 0 Å². The average molecular weight is 317 g/mol. The highest BCUT2D eigenvalue weighted by Gasteiger charge is 2.23. The minimum absolute atomic E-state index is 0.120. The molecule has 1 amide bonds. The van der Waals surface area contributed by atoms with Crippen molar-refractivity contribution < 1.29 is 4.79 Å². The number of carbonyl (C=O) groups is 1. The minimum atomic E-state index is 0.120. The smallest absolute Gasteiger partial charge is 0.236 e. The summed E-state index contributed by atoms with van der Waals surface area (Å²) in [4.78, 5) is 16.7. The number of hydrogen-bond donors (Lipinski definition) is 1. The molecule has 4 heteroatoms. The molecule has 1 aliphatic heterocycles.